The van der Waals surface area contributed by atoms with Crippen LogP contribution in [0.4, 0.5) is 0 Å². The fraction of sp³-hybridized carbons (Fsp3) is 0.588. The van der Waals surface area contributed by atoms with Gasteiger partial charge in [0.1, 0.15) is 0 Å². The zero-order chi connectivity index (χ0) is 14.4. The summed E-state index contributed by atoms with van der Waals surface area (Å²) in [7, 11) is 0. The van der Waals surface area contributed by atoms with Crippen LogP contribution in [-0.2, 0) is 24.1 Å². The lowest BCUT2D eigenvalue weighted by molar-refractivity contribution is -0.137. The third-order valence-corrected chi connectivity index (χ3v) is 3.87. The van der Waals surface area contributed by atoms with E-state index in [0.29, 0.717) is 5.92 Å². The molecule has 1 aromatic rings. The van der Waals surface area contributed by atoms with Crippen LogP contribution in [-0.4, -0.2) is 11.1 Å². The monoisotopic (exact) mass is 262 g/mol. The number of aliphatic carboxylic acids is 1. The van der Waals surface area contributed by atoms with Gasteiger partial charge in [-0.25, -0.2) is 0 Å². The molecule has 0 saturated carbocycles. The van der Waals surface area contributed by atoms with E-state index in [4.69, 9.17) is 5.11 Å². The SMILES string of the molecule is CCc1cc(CC)c(C(C)CCC(=O)O)c(CC)c1. The molecule has 1 unspecified atom stereocenters. The molecular formula is C17H26O2. The maximum atomic E-state index is 10.7. The molecule has 2 nitrogen and oxygen atoms in total. The lowest BCUT2D eigenvalue weighted by Gasteiger charge is -2.21. The van der Waals surface area contributed by atoms with Crippen molar-refractivity contribution >= 4 is 5.97 Å². The van der Waals surface area contributed by atoms with E-state index in [1.54, 1.807) is 0 Å². The normalized spacial score (nSPS) is 12.4. The Labute approximate surface area is 116 Å². The van der Waals surface area contributed by atoms with Crippen molar-refractivity contribution in [2.75, 3.05) is 0 Å². The Kier molecular flexibility index (Phi) is 6.07. The van der Waals surface area contributed by atoms with E-state index in [1.807, 2.05) is 0 Å². The molecule has 1 rings (SSSR count). The van der Waals surface area contributed by atoms with E-state index in [1.165, 1.54) is 22.3 Å². The van der Waals surface area contributed by atoms with Crippen LogP contribution < -0.4 is 0 Å². The van der Waals surface area contributed by atoms with Crippen molar-refractivity contribution in [1.29, 1.82) is 0 Å². The summed E-state index contributed by atoms with van der Waals surface area (Å²) in [5.41, 5.74) is 5.58. The molecule has 0 heterocycles. The Hall–Kier alpha value is -1.31. The van der Waals surface area contributed by atoms with Crippen LogP contribution in [0.25, 0.3) is 0 Å². The zero-order valence-corrected chi connectivity index (χ0v) is 12.6. The highest BCUT2D eigenvalue weighted by atomic mass is 16.4. The molecule has 1 N–H and O–H groups in total. The molecule has 106 valence electrons. The van der Waals surface area contributed by atoms with E-state index in [2.05, 4.69) is 39.8 Å². The largest absolute Gasteiger partial charge is 0.481 e. The molecule has 19 heavy (non-hydrogen) atoms. The minimum Gasteiger partial charge on any atom is -0.481 e. The fourth-order valence-corrected chi connectivity index (χ4v) is 2.76. The van der Waals surface area contributed by atoms with Gasteiger partial charge in [-0.15, -0.1) is 0 Å². The van der Waals surface area contributed by atoms with Gasteiger partial charge in [0, 0.05) is 6.42 Å². The highest BCUT2D eigenvalue weighted by Gasteiger charge is 2.16. The van der Waals surface area contributed by atoms with Gasteiger partial charge in [-0.3, -0.25) is 4.79 Å². The number of hydrogen-bond acceptors (Lipinski definition) is 1. The topological polar surface area (TPSA) is 37.3 Å². The first-order valence-corrected chi connectivity index (χ1v) is 7.39. The van der Waals surface area contributed by atoms with E-state index >= 15 is 0 Å². The zero-order valence-electron chi connectivity index (χ0n) is 12.6. The first kappa shape index (κ1) is 15.7. The van der Waals surface area contributed by atoms with E-state index in [0.717, 1.165) is 25.7 Å². The molecule has 0 radical (unpaired) electrons. The van der Waals surface area contributed by atoms with Gasteiger partial charge >= 0.3 is 5.97 Å². The fourth-order valence-electron chi connectivity index (χ4n) is 2.76. The van der Waals surface area contributed by atoms with E-state index in [-0.39, 0.29) is 6.42 Å². The average molecular weight is 262 g/mol. The minimum atomic E-state index is -0.701. The van der Waals surface area contributed by atoms with Gasteiger partial charge in [-0.2, -0.15) is 0 Å². The van der Waals surface area contributed by atoms with Crippen LogP contribution in [0, 0.1) is 0 Å². The first-order valence-electron chi connectivity index (χ1n) is 7.39. The lowest BCUT2D eigenvalue weighted by Crippen LogP contribution is -2.07. The Morgan fingerprint density at radius 3 is 2.00 bits per heavy atom. The van der Waals surface area contributed by atoms with Crippen molar-refractivity contribution < 1.29 is 9.90 Å². The number of rotatable bonds is 7. The molecule has 0 aliphatic carbocycles. The van der Waals surface area contributed by atoms with E-state index < -0.39 is 5.97 Å². The molecule has 0 aliphatic rings. The van der Waals surface area contributed by atoms with Crippen LogP contribution in [0.15, 0.2) is 12.1 Å². The molecule has 0 saturated heterocycles. The Morgan fingerprint density at radius 1 is 1.11 bits per heavy atom. The van der Waals surface area contributed by atoms with Crippen molar-refractivity contribution in [2.24, 2.45) is 0 Å². The van der Waals surface area contributed by atoms with Gasteiger partial charge in [0.25, 0.3) is 0 Å². The average Bonchev–Trinajstić information content (AvgIpc) is 2.42. The predicted molar refractivity (Wildman–Crippen MR) is 79.9 cm³/mol. The van der Waals surface area contributed by atoms with Gasteiger partial charge in [-0.05, 0) is 53.9 Å². The minimum absolute atomic E-state index is 0.253. The Bertz CT molecular complexity index is 410. The number of aryl methyl sites for hydroxylation is 3. The van der Waals surface area contributed by atoms with Gasteiger partial charge in [0.15, 0.2) is 0 Å². The number of carboxylic acids is 1. The first-order chi connectivity index (χ1) is 9.03. The third kappa shape index (κ3) is 4.09. The summed E-state index contributed by atoms with van der Waals surface area (Å²) in [5, 5.41) is 8.84. The molecule has 0 fully saturated rings. The smallest absolute Gasteiger partial charge is 0.303 e. The van der Waals surface area contributed by atoms with Gasteiger partial charge in [0.05, 0.1) is 0 Å². The Morgan fingerprint density at radius 2 is 1.63 bits per heavy atom. The van der Waals surface area contributed by atoms with Crippen LogP contribution in [0.3, 0.4) is 0 Å². The molecule has 0 bridgehead atoms. The molecule has 0 spiro atoms. The highest BCUT2D eigenvalue weighted by Crippen LogP contribution is 2.30. The van der Waals surface area contributed by atoms with Crippen molar-refractivity contribution in [3.8, 4) is 0 Å². The van der Waals surface area contributed by atoms with Gasteiger partial charge in [0.2, 0.25) is 0 Å². The molecule has 2 heteroatoms. The maximum Gasteiger partial charge on any atom is 0.303 e. The summed E-state index contributed by atoms with van der Waals surface area (Å²) in [6.45, 7) is 8.70. The molecule has 0 aliphatic heterocycles. The van der Waals surface area contributed by atoms with Crippen LogP contribution >= 0.6 is 0 Å². The van der Waals surface area contributed by atoms with Crippen molar-refractivity contribution in [3.05, 3.63) is 34.4 Å². The highest BCUT2D eigenvalue weighted by molar-refractivity contribution is 5.66. The van der Waals surface area contributed by atoms with Crippen LogP contribution in [0.5, 0.6) is 0 Å². The molecule has 0 aromatic heterocycles. The van der Waals surface area contributed by atoms with Gasteiger partial charge < -0.3 is 5.11 Å². The van der Waals surface area contributed by atoms with Crippen LogP contribution in [0.1, 0.15) is 68.7 Å². The second-order valence-electron chi connectivity index (χ2n) is 5.22. The summed E-state index contributed by atoms with van der Waals surface area (Å²) >= 11 is 0. The Balaban J connectivity index is 3.12. The second-order valence-corrected chi connectivity index (χ2v) is 5.22. The quantitative estimate of drug-likeness (QED) is 0.793. The van der Waals surface area contributed by atoms with E-state index in [9.17, 15) is 4.79 Å². The standard InChI is InChI=1S/C17H26O2/c1-5-13-10-14(6-2)17(15(7-3)11-13)12(4)8-9-16(18)19/h10-12H,5-9H2,1-4H3,(H,18,19). The number of benzene rings is 1. The van der Waals surface area contributed by atoms with Crippen molar-refractivity contribution in [2.45, 2.75) is 65.7 Å². The third-order valence-electron chi connectivity index (χ3n) is 3.87. The number of hydrogen-bond donors (Lipinski definition) is 1. The van der Waals surface area contributed by atoms with Gasteiger partial charge in [-0.1, -0.05) is 39.8 Å². The van der Waals surface area contributed by atoms with Crippen LogP contribution in [0.2, 0.25) is 0 Å². The lowest BCUT2D eigenvalue weighted by atomic mass is 9.84. The summed E-state index contributed by atoms with van der Waals surface area (Å²) in [5.74, 6) is -0.375. The summed E-state index contributed by atoms with van der Waals surface area (Å²) < 4.78 is 0. The second kappa shape index (κ2) is 7.32. The molecular weight excluding hydrogens is 236 g/mol. The maximum absolute atomic E-state index is 10.7. The molecule has 1 atom stereocenters. The molecule has 1 aromatic carbocycles. The summed E-state index contributed by atoms with van der Waals surface area (Å²) in [6.07, 6.45) is 4.08. The number of carboxylic acid groups (broad SMARTS) is 1. The van der Waals surface area contributed by atoms with Crippen molar-refractivity contribution in [1.82, 2.24) is 0 Å². The summed E-state index contributed by atoms with van der Waals surface area (Å²) in [6, 6.07) is 4.59. The summed E-state index contributed by atoms with van der Waals surface area (Å²) in [4.78, 5) is 10.7. The number of carbonyl (C=O) groups is 1. The van der Waals surface area contributed by atoms with Crippen molar-refractivity contribution in [3.63, 3.8) is 0 Å². The molecule has 0 amide bonds. The predicted octanol–water partition coefficient (Wildman–Crippen LogP) is 4.34.